The Kier molecular flexibility index (Phi) is 8.32. The van der Waals surface area contributed by atoms with Crippen molar-refractivity contribution in [1.82, 2.24) is 4.90 Å². The fourth-order valence-electron chi connectivity index (χ4n) is 6.60. The van der Waals surface area contributed by atoms with Gasteiger partial charge < -0.3 is 14.4 Å². The number of carbonyl (C=O) groups excluding carboxylic acids is 2. The van der Waals surface area contributed by atoms with E-state index in [0.29, 0.717) is 41.8 Å². The van der Waals surface area contributed by atoms with E-state index < -0.39 is 5.92 Å². The molecular weight excluding hydrogens is 585 g/mol. The Bertz CT molecular complexity index is 1390. The van der Waals surface area contributed by atoms with Crippen LogP contribution in [0.2, 0.25) is 0 Å². The van der Waals surface area contributed by atoms with Crippen molar-refractivity contribution in [3.63, 3.8) is 0 Å². The molecule has 0 atom stereocenters. The molecule has 5 rings (SSSR count). The van der Waals surface area contributed by atoms with Gasteiger partial charge >= 0.3 is 0 Å². The molecule has 1 aliphatic heterocycles. The fraction of sp³-hybridized carbons (Fsp3) is 0.471. The van der Waals surface area contributed by atoms with Gasteiger partial charge in [-0.3, -0.25) is 9.59 Å². The van der Waals surface area contributed by atoms with Crippen molar-refractivity contribution >= 4 is 27.5 Å². The number of halogens is 2. The molecule has 0 bridgehead atoms. The summed E-state index contributed by atoms with van der Waals surface area (Å²) in [6.45, 7) is 10.0. The van der Waals surface area contributed by atoms with Gasteiger partial charge in [0.1, 0.15) is 18.2 Å². The molecule has 2 aromatic rings. The Morgan fingerprint density at radius 3 is 2.10 bits per heavy atom. The van der Waals surface area contributed by atoms with Gasteiger partial charge in [0.2, 0.25) is 0 Å². The van der Waals surface area contributed by atoms with Crippen LogP contribution in [0.15, 0.2) is 69.5 Å². The fourth-order valence-corrected chi connectivity index (χ4v) is 7.11. The lowest BCUT2D eigenvalue weighted by Crippen LogP contribution is -2.44. The van der Waals surface area contributed by atoms with Gasteiger partial charge in [0, 0.05) is 67.1 Å². The van der Waals surface area contributed by atoms with Gasteiger partial charge in [0.15, 0.2) is 11.6 Å². The van der Waals surface area contributed by atoms with Gasteiger partial charge in [-0.1, -0.05) is 52.0 Å². The molecule has 2 aliphatic carbocycles. The van der Waals surface area contributed by atoms with Crippen LogP contribution < -0.4 is 4.74 Å². The number of methoxy groups -OCH3 is 1. The summed E-state index contributed by atoms with van der Waals surface area (Å²) >= 11 is 3.66. The van der Waals surface area contributed by atoms with Crippen molar-refractivity contribution < 1.29 is 23.5 Å². The van der Waals surface area contributed by atoms with E-state index in [1.165, 1.54) is 6.07 Å². The molecule has 0 aromatic heterocycles. The molecule has 0 amide bonds. The number of hydrogen-bond acceptors (Lipinski definition) is 5. The summed E-state index contributed by atoms with van der Waals surface area (Å²) in [4.78, 5) is 30.2. The Hall–Kier alpha value is -2.77. The van der Waals surface area contributed by atoms with Crippen LogP contribution in [0.4, 0.5) is 4.39 Å². The molecule has 3 aliphatic rings. The van der Waals surface area contributed by atoms with Crippen LogP contribution in [0.1, 0.15) is 76.8 Å². The SMILES string of the molecule is COCCCN1C2=C(C(=O)CC(C)(C)C2)C(c2ccc(OCc3ccccc3F)c(Br)c2)C2=C1CC(C)(C)CC2=O. The topological polar surface area (TPSA) is 55.8 Å². The van der Waals surface area contributed by atoms with Gasteiger partial charge in [-0.25, -0.2) is 4.39 Å². The number of ether oxygens (including phenoxy) is 2. The third kappa shape index (κ3) is 6.07. The summed E-state index contributed by atoms with van der Waals surface area (Å²) in [6.07, 6.45) is 3.24. The van der Waals surface area contributed by atoms with E-state index in [-0.39, 0.29) is 34.8 Å². The molecule has 7 heteroatoms. The lowest BCUT2D eigenvalue weighted by Gasteiger charge is -2.49. The molecule has 5 nitrogen and oxygen atoms in total. The second-order valence-electron chi connectivity index (χ2n) is 13.1. The van der Waals surface area contributed by atoms with Crippen molar-refractivity contribution in [2.75, 3.05) is 20.3 Å². The molecule has 1 heterocycles. The van der Waals surface area contributed by atoms with E-state index in [4.69, 9.17) is 9.47 Å². The predicted octanol–water partition coefficient (Wildman–Crippen LogP) is 7.89. The highest BCUT2D eigenvalue weighted by molar-refractivity contribution is 9.10. The molecule has 0 saturated heterocycles. The van der Waals surface area contributed by atoms with Crippen molar-refractivity contribution in [2.45, 2.75) is 72.3 Å². The average molecular weight is 625 g/mol. The molecule has 0 unspecified atom stereocenters. The number of ketones is 2. The van der Waals surface area contributed by atoms with Crippen LogP contribution in [0.5, 0.6) is 5.75 Å². The lowest BCUT2D eigenvalue weighted by atomic mass is 9.63. The number of hydrogen-bond donors (Lipinski definition) is 0. The van der Waals surface area contributed by atoms with Crippen molar-refractivity contribution in [3.8, 4) is 5.75 Å². The van der Waals surface area contributed by atoms with Gasteiger partial charge in [-0.15, -0.1) is 0 Å². The Balaban J connectivity index is 1.59. The number of benzene rings is 2. The summed E-state index contributed by atoms with van der Waals surface area (Å²) in [6, 6.07) is 12.3. The van der Waals surface area contributed by atoms with Crippen molar-refractivity contribution in [2.24, 2.45) is 10.8 Å². The number of allylic oxidation sites excluding steroid dienone is 4. The van der Waals surface area contributed by atoms with E-state index in [1.54, 1.807) is 25.3 Å². The number of rotatable bonds is 8. The van der Waals surface area contributed by atoms with Crippen molar-refractivity contribution in [3.05, 3.63) is 86.4 Å². The van der Waals surface area contributed by atoms with Crippen molar-refractivity contribution in [1.29, 1.82) is 0 Å². The summed E-state index contributed by atoms with van der Waals surface area (Å²) < 4.78 is 26.2. The summed E-state index contributed by atoms with van der Waals surface area (Å²) in [5, 5.41) is 0. The molecule has 2 aromatic carbocycles. The Labute approximate surface area is 250 Å². The highest BCUT2D eigenvalue weighted by Crippen LogP contribution is 2.54. The first-order valence-corrected chi connectivity index (χ1v) is 15.1. The highest BCUT2D eigenvalue weighted by Gasteiger charge is 2.48. The number of carbonyl (C=O) groups is 2. The summed E-state index contributed by atoms with van der Waals surface area (Å²) in [5.74, 6) is 0.0534. The van der Waals surface area contributed by atoms with E-state index in [2.05, 4.69) is 48.5 Å². The van der Waals surface area contributed by atoms with Gasteiger partial charge in [0.25, 0.3) is 0 Å². The number of Topliss-reactive ketones (excluding diaryl/α,β-unsaturated/α-hetero) is 2. The molecule has 0 spiro atoms. The van der Waals surface area contributed by atoms with Crippen LogP contribution in [0, 0.1) is 16.6 Å². The molecule has 0 radical (unpaired) electrons. The maximum Gasteiger partial charge on any atom is 0.162 e. The van der Waals surface area contributed by atoms with E-state index in [1.807, 2.05) is 18.2 Å². The van der Waals surface area contributed by atoms with E-state index in [0.717, 1.165) is 47.4 Å². The highest BCUT2D eigenvalue weighted by atomic mass is 79.9. The first kappa shape index (κ1) is 29.7. The minimum absolute atomic E-state index is 0.0935. The third-order valence-electron chi connectivity index (χ3n) is 8.38. The lowest BCUT2D eigenvalue weighted by molar-refractivity contribution is -0.119. The number of nitrogens with zero attached hydrogens (tertiary/aromatic N) is 1. The third-order valence-corrected chi connectivity index (χ3v) is 9.00. The minimum Gasteiger partial charge on any atom is -0.488 e. The second-order valence-corrected chi connectivity index (χ2v) is 14.0. The molecule has 0 saturated carbocycles. The van der Waals surface area contributed by atoms with Gasteiger partial charge in [-0.05, 0) is 69.8 Å². The van der Waals surface area contributed by atoms with Gasteiger partial charge in [0.05, 0.1) is 4.47 Å². The largest absolute Gasteiger partial charge is 0.488 e. The molecule has 41 heavy (non-hydrogen) atoms. The second kappa shape index (κ2) is 11.5. The smallest absolute Gasteiger partial charge is 0.162 e. The van der Waals surface area contributed by atoms with E-state index >= 15 is 0 Å². The first-order chi connectivity index (χ1) is 19.4. The standard InChI is InChI=1S/C34H39BrFNO4/c1-33(2)16-25-31(27(38)18-33)30(32-26(37(25)13-8-14-40-5)17-34(3,4)19-28(32)39)21-11-12-29(23(35)15-21)41-20-22-9-6-7-10-24(22)36/h6-7,9-12,15,30H,8,13-14,16-20H2,1-5H3. The molecular formula is C34H39BrFNO4. The Morgan fingerprint density at radius 1 is 0.927 bits per heavy atom. The monoisotopic (exact) mass is 623 g/mol. The van der Waals surface area contributed by atoms with Crippen LogP contribution in [0.25, 0.3) is 0 Å². The zero-order valence-corrected chi connectivity index (χ0v) is 26.2. The van der Waals surface area contributed by atoms with Crippen LogP contribution >= 0.6 is 15.9 Å². The minimum atomic E-state index is -0.428. The van der Waals surface area contributed by atoms with E-state index in [9.17, 15) is 14.0 Å². The molecule has 0 fully saturated rings. The molecule has 218 valence electrons. The summed E-state index contributed by atoms with van der Waals surface area (Å²) in [5.41, 5.74) is 4.61. The maximum atomic E-state index is 14.2. The van der Waals surface area contributed by atoms with Crippen LogP contribution in [-0.4, -0.2) is 36.7 Å². The summed E-state index contributed by atoms with van der Waals surface area (Å²) in [7, 11) is 1.70. The zero-order valence-electron chi connectivity index (χ0n) is 24.6. The predicted molar refractivity (Wildman–Crippen MR) is 161 cm³/mol. The first-order valence-electron chi connectivity index (χ1n) is 14.4. The van der Waals surface area contributed by atoms with Crippen LogP contribution in [-0.2, 0) is 20.9 Å². The zero-order chi connectivity index (χ0) is 29.5. The molecule has 0 N–H and O–H groups in total. The Morgan fingerprint density at radius 2 is 1.54 bits per heavy atom. The van der Waals surface area contributed by atoms with Crippen LogP contribution in [0.3, 0.4) is 0 Å². The van der Waals surface area contributed by atoms with Gasteiger partial charge in [-0.2, -0.15) is 0 Å². The average Bonchev–Trinajstić information content (AvgIpc) is 2.88. The normalized spacial score (nSPS) is 20.3. The maximum absolute atomic E-state index is 14.2. The quantitative estimate of drug-likeness (QED) is 0.280.